The summed E-state index contributed by atoms with van der Waals surface area (Å²) in [5.74, 6) is 0.672. The van der Waals surface area contributed by atoms with Gasteiger partial charge in [0, 0.05) is 24.7 Å². The van der Waals surface area contributed by atoms with Crippen molar-refractivity contribution in [2.24, 2.45) is 0 Å². The molecule has 2 aromatic rings. The highest BCUT2D eigenvalue weighted by Gasteiger charge is 2.24. The highest BCUT2D eigenvalue weighted by Crippen LogP contribution is 2.19. The zero-order valence-corrected chi connectivity index (χ0v) is 16.8. The minimum Gasteiger partial charge on any atom is -0.484 e. The van der Waals surface area contributed by atoms with Crippen molar-refractivity contribution in [2.75, 3.05) is 19.7 Å². The lowest BCUT2D eigenvalue weighted by molar-refractivity contribution is -0.124. The number of hydrogen-bond donors (Lipinski definition) is 1. The number of carbonyl (C=O) groups is 2. The van der Waals surface area contributed by atoms with E-state index in [1.54, 1.807) is 0 Å². The number of benzene rings is 2. The molecule has 1 fully saturated rings. The van der Waals surface area contributed by atoms with Gasteiger partial charge in [-0.25, -0.2) is 0 Å². The molecule has 1 saturated heterocycles. The fourth-order valence-electron chi connectivity index (χ4n) is 3.48. The van der Waals surface area contributed by atoms with Gasteiger partial charge in [0.1, 0.15) is 5.75 Å². The van der Waals surface area contributed by atoms with Crippen LogP contribution in [0.4, 0.5) is 0 Å². The van der Waals surface area contributed by atoms with Crippen molar-refractivity contribution in [3.63, 3.8) is 0 Å². The van der Waals surface area contributed by atoms with Gasteiger partial charge in [-0.3, -0.25) is 9.59 Å². The molecule has 0 bridgehead atoms. The van der Waals surface area contributed by atoms with Gasteiger partial charge in [-0.15, -0.1) is 0 Å². The number of amides is 2. The Hall–Kier alpha value is -2.82. The van der Waals surface area contributed by atoms with Crippen LogP contribution in [0.5, 0.6) is 5.75 Å². The normalized spacial score (nSPS) is 14.6. The molecule has 5 heteroatoms. The van der Waals surface area contributed by atoms with Gasteiger partial charge in [-0.1, -0.05) is 35.4 Å². The number of piperidine rings is 1. The second-order valence-electron chi connectivity index (χ2n) is 7.56. The average Bonchev–Trinajstić information content (AvgIpc) is 2.68. The molecule has 1 aliphatic rings. The number of nitrogens with one attached hydrogen (secondary N) is 1. The molecule has 2 amide bonds. The fraction of sp³-hybridized carbons (Fsp3) is 0.391. The first-order chi connectivity index (χ1) is 13.4. The quantitative estimate of drug-likeness (QED) is 0.865. The molecule has 28 heavy (non-hydrogen) atoms. The highest BCUT2D eigenvalue weighted by molar-refractivity contribution is 5.94. The van der Waals surface area contributed by atoms with Crippen molar-refractivity contribution in [3.05, 3.63) is 64.7 Å². The molecular weight excluding hydrogens is 352 g/mol. The molecular formula is C23H28N2O3. The third-order valence-corrected chi connectivity index (χ3v) is 5.14. The van der Waals surface area contributed by atoms with Crippen LogP contribution in [-0.2, 0) is 4.79 Å². The molecule has 1 aliphatic heterocycles. The van der Waals surface area contributed by atoms with Crippen molar-refractivity contribution < 1.29 is 14.3 Å². The zero-order valence-electron chi connectivity index (χ0n) is 16.8. The van der Waals surface area contributed by atoms with E-state index in [-0.39, 0.29) is 24.5 Å². The topological polar surface area (TPSA) is 58.6 Å². The molecule has 3 rings (SSSR count). The van der Waals surface area contributed by atoms with Crippen LogP contribution in [0.2, 0.25) is 0 Å². The number of rotatable bonds is 5. The Balaban J connectivity index is 1.44. The lowest BCUT2D eigenvalue weighted by Crippen LogP contribution is -2.47. The summed E-state index contributed by atoms with van der Waals surface area (Å²) in [6.07, 6.45) is 1.51. The van der Waals surface area contributed by atoms with Crippen LogP contribution in [0, 0.1) is 20.8 Å². The number of hydrogen-bond acceptors (Lipinski definition) is 3. The molecule has 0 radical (unpaired) electrons. The largest absolute Gasteiger partial charge is 0.484 e. The van der Waals surface area contributed by atoms with E-state index in [1.165, 1.54) is 5.56 Å². The van der Waals surface area contributed by atoms with Crippen LogP contribution in [0.3, 0.4) is 0 Å². The lowest BCUT2D eigenvalue weighted by atomic mass is 10.0. The van der Waals surface area contributed by atoms with Crippen molar-refractivity contribution in [1.29, 1.82) is 0 Å². The summed E-state index contributed by atoms with van der Waals surface area (Å²) in [7, 11) is 0. The third-order valence-electron chi connectivity index (χ3n) is 5.14. The molecule has 0 aliphatic carbocycles. The van der Waals surface area contributed by atoms with E-state index >= 15 is 0 Å². The number of likely N-dealkylation sites (tertiary alicyclic amines) is 1. The Morgan fingerprint density at radius 2 is 1.64 bits per heavy atom. The molecule has 0 aromatic heterocycles. The van der Waals surface area contributed by atoms with Gasteiger partial charge >= 0.3 is 0 Å². The van der Waals surface area contributed by atoms with E-state index in [0.29, 0.717) is 13.1 Å². The molecule has 1 heterocycles. The van der Waals surface area contributed by atoms with Gasteiger partial charge in [0.05, 0.1) is 0 Å². The van der Waals surface area contributed by atoms with E-state index in [0.717, 1.165) is 35.3 Å². The molecule has 0 spiro atoms. The number of aryl methyl sites for hydroxylation is 3. The minimum absolute atomic E-state index is 0.00636. The summed E-state index contributed by atoms with van der Waals surface area (Å²) >= 11 is 0. The fourth-order valence-corrected chi connectivity index (χ4v) is 3.48. The summed E-state index contributed by atoms with van der Waals surface area (Å²) in [6, 6.07) is 13.6. The molecule has 1 N–H and O–H groups in total. The summed E-state index contributed by atoms with van der Waals surface area (Å²) in [4.78, 5) is 26.6. The maximum atomic E-state index is 12.6. The standard InChI is InChI=1S/C23H28N2O3/c1-16-4-7-19(8-5-16)23(27)25-12-10-20(11-13-25)24-22(26)15-28-21-9-6-17(2)14-18(21)3/h4-9,14,20H,10-13,15H2,1-3H3,(H,24,26). The van der Waals surface area contributed by atoms with E-state index in [2.05, 4.69) is 5.32 Å². The predicted octanol–water partition coefficient (Wildman–Crippen LogP) is 3.41. The first kappa shape index (κ1) is 19.9. The maximum Gasteiger partial charge on any atom is 0.258 e. The van der Waals surface area contributed by atoms with Gasteiger partial charge in [-0.05, 0) is 57.4 Å². The van der Waals surface area contributed by atoms with Crippen molar-refractivity contribution in [1.82, 2.24) is 10.2 Å². The third kappa shape index (κ3) is 5.12. The summed E-state index contributed by atoms with van der Waals surface area (Å²) in [5.41, 5.74) is 4.05. The monoisotopic (exact) mass is 380 g/mol. The Labute approximate surface area is 166 Å². The van der Waals surface area contributed by atoms with E-state index < -0.39 is 0 Å². The molecule has 5 nitrogen and oxygen atoms in total. The van der Waals surface area contributed by atoms with Gasteiger partial charge in [0.25, 0.3) is 11.8 Å². The molecule has 2 aromatic carbocycles. The smallest absolute Gasteiger partial charge is 0.258 e. The van der Waals surface area contributed by atoms with Crippen LogP contribution in [-0.4, -0.2) is 42.5 Å². The highest BCUT2D eigenvalue weighted by atomic mass is 16.5. The van der Waals surface area contributed by atoms with Crippen LogP contribution >= 0.6 is 0 Å². The van der Waals surface area contributed by atoms with Crippen LogP contribution in [0.15, 0.2) is 42.5 Å². The maximum absolute atomic E-state index is 12.6. The van der Waals surface area contributed by atoms with E-state index in [9.17, 15) is 9.59 Å². The van der Waals surface area contributed by atoms with Crippen LogP contribution in [0.1, 0.15) is 39.9 Å². The van der Waals surface area contributed by atoms with Gasteiger partial charge in [-0.2, -0.15) is 0 Å². The first-order valence-corrected chi connectivity index (χ1v) is 9.78. The molecule has 0 saturated carbocycles. The molecule has 148 valence electrons. The zero-order chi connectivity index (χ0) is 20.1. The second kappa shape index (κ2) is 8.91. The average molecular weight is 380 g/mol. The lowest BCUT2D eigenvalue weighted by Gasteiger charge is -2.32. The Kier molecular flexibility index (Phi) is 6.34. The van der Waals surface area contributed by atoms with Gasteiger partial charge in [0.15, 0.2) is 6.61 Å². The Bertz CT molecular complexity index is 837. The second-order valence-corrected chi connectivity index (χ2v) is 7.56. The minimum atomic E-state index is -0.122. The summed E-state index contributed by atoms with van der Waals surface area (Å²) in [5, 5.41) is 3.02. The van der Waals surface area contributed by atoms with Gasteiger partial charge < -0.3 is 15.0 Å². The van der Waals surface area contributed by atoms with Crippen molar-refractivity contribution >= 4 is 11.8 Å². The number of carbonyl (C=O) groups excluding carboxylic acids is 2. The van der Waals surface area contributed by atoms with Crippen LogP contribution in [0.25, 0.3) is 0 Å². The summed E-state index contributed by atoms with van der Waals surface area (Å²) in [6.45, 7) is 7.31. The van der Waals surface area contributed by atoms with Crippen molar-refractivity contribution in [3.8, 4) is 5.75 Å². The molecule has 0 unspecified atom stereocenters. The van der Waals surface area contributed by atoms with Crippen molar-refractivity contribution in [2.45, 2.75) is 39.7 Å². The van der Waals surface area contributed by atoms with E-state index in [1.807, 2.05) is 68.1 Å². The van der Waals surface area contributed by atoms with Gasteiger partial charge in [0.2, 0.25) is 0 Å². The molecule has 0 atom stereocenters. The SMILES string of the molecule is Cc1ccc(C(=O)N2CCC(NC(=O)COc3ccc(C)cc3C)CC2)cc1. The predicted molar refractivity (Wildman–Crippen MR) is 110 cm³/mol. The van der Waals surface area contributed by atoms with Crippen LogP contribution < -0.4 is 10.1 Å². The summed E-state index contributed by atoms with van der Waals surface area (Å²) < 4.78 is 5.65. The first-order valence-electron chi connectivity index (χ1n) is 9.78. The Morgan fingerprint density at radius 1 is 1.00 bits per heavy atom. The Morgan fingerprint density at radius 3 is 2.29 bits per heavy atom. The number of nitrogens with zero attached hydrogens (tertiary/aromatic N) is 1. The van der Waals surface area contributed by atoms with E-state index in [4.69, 9.17) is 4.74 Å². The number of ether oxygens (including phenoxy) is 1.